The number of aryl methyl sites for hydroxylation is 1. The molecule has 1 aromatic heterocycles. The smallest absolute Gasteiger partial charge is 0.234 e. The lowest BCUT2D eigenvalue weighted by Gasteiger charge is -2.10. The summed E-state index contributed by atoms with van der Waals surface area (Å²) >= 11 is 1.38. The topological polar surface area (TPSA) is 69.0 Å². The SMILES string of the molecule is CCc1ccc(OCc2nnc(SCC(=O)Nc3ccc(C(C)C)cc3)n2CC)cc1. The van der Waals surface area contributed by atoms with E-state index >= 15 is 0 Å². The number of rotatable bonds is 10. The van der Waals surface area contributed by atoms with Crippen LogP contribution in [-0.2, 0) is 24.4 Å². The van der Waals surface area contributed by atoms with E-state index in [0.717, 1.165) is 23.7 Å². The van der Waals surface area contributed by atoms with E-state index in [-0.39, 0.29) is 11.7 Å². The second-order valence-electron chi connectivity index (χ2n) is 7.54. The van der Waals surface area contributed by atoms with Gasteiger partial charge in [-0.05, 0) is 54.7 Å². The van der Waals surface area contributed by atoms with Crippen molar-refractivity contribution in [3.63, 3.8) is 0 Å². The molecule has 1 N–H and O–H groups in total. The van der Waals surface area contributed by atoms with E-state index in [4.69, 9.17) is 4.74 Å². The number of amides is 1. The van der Waals surface area contributed by atoms with Gasteiger partial charge in [0.05, 0.1) is 5.75 Å². The summed E-state index contributed by atoms with van der Waals surface area (Å²) in [6.45, 7) is 9.50. The molecular weight excluding hydrogens is 408 g/mol. The number of anilines is 1. The summed E-state index contributed by atoms with van der Waals surface area (Å²) in [5.74, 6) is 2.22. The van der Waals surface area contributed by atoms with Crippen molar-refractivity contribution < 1.29 is 9.53 Å². The van der Waals surface area contributed by atoms with E-state index in [1.165, 1.54) is 22.9 Å². The quantitative estimate of drug-likeness (QED) is 0.435. The highest BCUT2D eigenvalue weighted by molar-refractivity contribution is 7.99. The Balaban J connectivity index is 1.54. The van der Waals surface area contributed by atoms with Gasteiger partial charge in [0.25, 0.3) is 0 Å². The highest BCUT2D eigenvalue weighted by atomic mass is 32.2. The minimum Gasteiger partial charge on any atom is -0.486 e. The minimum absolute atomic E-state index is 0.0678. The molecule has 0 radical (unpaired) electrons. The first-order valence-corrected chi connectivity index (χ1v) is 11.6. The lowest BCUT2D eigenvalue weighted by atomic mass is 10.0. The van der Waals surface area contributed by atoms with Crippen LogP contribution in [0.3, 0.4) is 0 Å². The van der Waals surface area contributed by atoms with Crippen LogP contribution >= 0.6 is 11.8 Å². The number of aromatic nitrogens is 3. The van der Waals surface area contributed by atoms with Gasteiger partial charge in [0.1, 0.15) is 12.4 Å². The van der Waals surface area contributed by atoms with Crippen LogP contribution in [0.15, 0.2) is 53.7 Å². The first kappa shape index (κ1) is 22.9. The number of hydrogen-bond donors (Lipinski definition) is 1. The van der Waals surface area contributed by atoms with Crippen molar-refractivity contribution >= 4 is 23.4 Å². The van der Waals surface area contributed by atoms with E-state index in [1.807, 2.05) is 47.9 Å². The normalized spacial score (nSPS) is 11.0. The number of benzene rings is 2. The summed E-state index contributed by atoms with van der Waals surface area (Å²) in [7, 11) is 0. The maximum absolute atomic E-state index is 12.4. The average Bonchev–Trinajstić information content (AvgIpc) is 3.18. The predicted molar refractivity (Wildman–Crippen MR) is 126 cm³/mol. The summed E-state index contributed by atoms with van der Waals surface area (Å²) in [6.07, 6.45) is 1.00. The number of nitrogens with zero attached hydrogens (tertiary/aromatic N) is 3. The first-order valence-electron chi connectivity index (χ1n) is 10.7. The van der Waals surface area contributed by atoms with Crippen molar-refractivity contribution in [1.82, 2.24) is 14.8 Å². The number of hydrogen-bond acceptors (Lipinski definition) is 5. The number of carbonyl (C=O) groups excluding carboxylic acids is 1. The zero-order valence-electron chi connectivity index (χ0n) is 18.6. The summed E-state index contributed by atoms with van der Waals surface area (Å²) in [6, 6.07) is 16.0. The molecule has 0 spiro atoms. The average molecular weight is 439 g/mol. The molecule has 0 aliphatic carbocycles. The minimum atomic E-state index is -0.0678. The molecule has 1 heterocycles. The molecular formula is C24H30N4O2S. The number of nitrogens with one attached hydrogen (secondary N) is 1. The Bertz CT molecular complexity index is 982. The Labute approximate surface area is 188 Å². The Kier molecular flexibility index (Phi) is 8.12. The largest absolute Gasteiger partial charge is 0.486 e. The van der Waals surface area contributed by atoms with Crippen molar-refractivity contribution in [3.05, 3.63) is 65.5 Å². The molecule has 0 saturated carbocycles. The lowest BCUT2D eigenvalue weighted by molar-refractivity contribution is -0.113. The number of thioether (sulfide) groups is 1. The van der Waals surface area contributed by atoms with Crippen molar-refractivity contribution in [2.45, 2.75) is 58.3 Å². The van der Waals surface area contributed by atoms with Crippen LogP contribution in [0.4, 0.5) is 5.69 Å². The van der Waals surface area contributed by atoms with Crippen LogP contribution < -0.4 is 10.1 Å². The van der Waals surface area contributed by atoms with Gasteiger partial charge in [-0.15, -0.1) is 10.2 Å². The fraction of sp³-hybridized carbons (Fsp3) is 0.375. The van der Waals surface area contributed by atoms with Crippen molar-refractivity contribution in [1.29, 1.82) is 0 Å². The third-order valence-electron chi connectivity index (χ3n) is 5.00. The van der Waals surface area contributed by atoms with E-state index < -0.39 is 0 Å². The molecule has 1 amide bonds. The van der Waals surface area contributed by atoms with E-state index in [1.54, 1.807) is 0 Å². The summed E-state index contributed by atoms with van der Waals surface area (Å²) in [4.78, 5) is 12.4. The molecule has 2 aromatic carbocycles. The van der Waals surface area contributed by atoms with Crippen LogP contribution in [0, 0.1) is 0 Å². The van der Waals surface area contributed by atoms with Crippen molar-refractivity contribution in [2.75, 3.05) is 11.1 Å². The predicted octanol–water partition coefficient (Wildman–Crippen LogP) is 5.29. The van der Waals surface area contributed by atoms with Gasteiger partial charge in [-0.2, -0.15) is 0 Å². The molecule has 164 valence electrons. The Morgan fingerprint density at radius 1 is 1.06 bits per heavy atom. The van der Waals surface area contributed by atoms with Gasteiger partial charge >= 0.3 is 0 Å². The molecule has 0 unspecified atom stereocenters. The van der Waals surface area contributed by atoms with E-state index in [0.29, 0.717) is 24.2 Å². The molecule has 3 aromatic rings. The first-order chi connectivity index (χ1) is 15.0. The fourth-order valence-corrected chi connectivity index (χ4v) is 3.92. The van der Waals surface area contributed by atoms with Gasteiger partial charge in [-0.3, -0.25) is 4.79 Å². The lowest BCUT2D eigenvalue weighted by Crippen LogP contribution is -2.15. The molecule has 6 nitrogen and oxygen atoms in total. The third-order valence-corrected chi connectivity index (χ3v) is 5.97. The summed E-state index contributed by atoms with van der Waals surface area (Å²) in [5.41, 5.74) is 3.33. The van der Waals surface area contributed by atoms with Crippen LogP contribution in [0.5, 0.6) is 5.75 Å². The number of carbonyl (C=O) groups is 1. The summed E-state index contributed by atoms with van der Waals surface area (Å²) in [5, 5.41) is 12.2. The highest BCUT2D eigenvalue weighted by Gasteiger charge is 2.14. The van der Waals surface area contributed by atoms with Crippen molar-refractivity contribution in [2.24, 2.45) is 0 Å². The molecule has 0 atom stereocenters. The standard InChI is InChI=1S/C24H30N4O2S/c1-5-18-7-13-21(14-8-18)30-15-22-26-27-24(28(22)6-2)31-16-23(29)25-20-11-9-19(10-12-20)17(3)4/h7-14,17H,5-6,15-16H2,1-4H3,(H,25,29). The second-order valence-corrected chi connectivity index (χ2v) is 8.49. The van der Waals surface area contributed by atoms with Crippen LogP contribution in [0.1, 0.15) is 50.6 Å². The molecule has 0 aliphatic heterocycles. The third kappa shape index (κ3) is 6.34. The van der Waals surface area contributed by atoms with E-state index in [2.05, 4.69) is 48.4 Å². The van der Waals surface area contributed by atoms with Gasteiger partial charge < -0.3 is 14.6 Å². The van der Waals surface area contributed by atoms with E-state index in [9.17, 15) is 4.79 Å². The Morgan fingerprint density at radius 3 is 2.39 bits per heavy atom. The second kappa shape index (κ2) is 11.0. The zero-order chi connectivity index (χ0) is 22.2. The monoisotopic (exact) mass is 438 g/mol. The van der Waals surface area contributed by atoms with Gasteiger partial charge in [-0.1, -0.05) is 56.8 Å². The molecule has 3 rings (SSSR count). The summed E-state index contributed by atoms with van der Waals surface area (Å²) < 4.78 is 7.85. The Hall–Kier alpha value is -2.80. The van der Waals surface area contributed by atoms with Crippen LogP contribution in [-0.4, -0.2) is 26.4 Å². The van der Waals surface area contributed by atoms with Crippen LogP contribution in [0.25, 0.3) is 0 Å². The Morgan fingerprint density at radius 2 is 1.77 bits per heavy atom. The molecule has 0 bridgehead atoms. The van der Waals surface area contributed by atoms with Crippen LogP contribution in [0.2, 0.25) is 0 Å². The maximum atomic E-state index is 12.4. The van der Waals surface area contributed by atoms with Gasteiger partial charge in [0.15, 0.2) is 11.0 Å². The zero-order valence-corrected chi connectivity index (χ0v) is 19.4. The molecule has 31 heavy (non-hydrogen) atoms. The van der Waals surface area contributed by atoms with Gasteiger partial charge in [-0.25, -0.2) is 0 Å². The highest BCUT2D eigenvalue weighted by Crippen LogP contribution is 2.21. The van der Waals surface area contributed by atoms with Crippen molar-refractivity contribution in [3.8, 4) is 5.75 Å². The molecule has 7 heteroatoms. The van der Waals surface area contributed by atoms with Gasteiger partial charge in [0.2, 0.25) is 5.91 Å². The fourth-order valence-electron chi connectivity index (χ4n) is 3.10. The maximum Gasteiger partial charge on any atom is 0.234 e. The molecule has 0 saturated heterocycles. The molecule has 0 fully saturated rings. The van der Waals surface area contributed by atoms with Gasteiger partial charge in [0, 0.05) is 12.2 Å². The molecule has 0 aliphatic rings. The number of ether oxygens (including phenoxy) is 1.